The van der Waals surface area contributed by atoms with Crippen LogP contribution in [0.2, 0.25) is 0 Å². The van der Waals surface area contributed by atoms with Crippen LogP contribution in [0.4, 0.5) is 0 Å². The normalized spacial score (nSPS) is 21.5. The summed E-state index contributed by atoms with van der Waals surface area (Å²) in [5, 5.41) is 0. The summed E-state index contributed by atoms with van der Waals surface area (Å²) in [6.45, 7) is 15.5. The largest absolute Gasteiger partial charge is 0.465 e. The third-order valence-electron chi connectivity index (χ3n) is 6.17. The Hall–Kier alpha value is -2.12. The van der Waals surface area contributed by atoms with Crippen LogP contribution in [0.25, 0.3) is 0 Å². The van der Waals surface area contributed by atoms with Crippen LogP contribution in [-0.2, 0) is 38.1 Å². The van der Waals surface area contributed by atoms with Gasteiger partial charge in [0.1, 0.15) is 18.3 Å². The van der Waals surface area contributed by atoms with Gasteiger partial charge in [-0.3, -0.25) is 19.2 Å². The minimum atomic E-state index is -0.657. The van der Waals surface area contributed by atoms with Crippen molar-refractivity contribution in [3.63, 3.8) is 0 Å². The average molecular weight is 443 g/mol. The first-order chi connectivity index (χ1) is 14.1. The first-order valence-electron chi connectivity index (χ1n) is 10.9. The fraction of sp³-hybridized carbons (Fsp3) is 0.826. The molecule has 0 aromatic carbocycles. The summed E-state index contributed by atoms with van der Waals surface area (Å²) in [7, 11) is 0. The van der Waals surface area contributed by atoms with Crippen molar-refractivity contribution in [2.45, 2.75) is 92.8 Å². The predicted octanol–water partition coefficient (Wildman–Crippen LogP) is 3.59. The van der Waals surface area contributed by atoms with Gasteiger partial charge < -0.3 is 18.9 Å². The van der Waals surface area contributed by atoms with Gasteiger partial charge in [-0.15, -0.1) is 0 Å². The Morgan fingerprint density at radius 2 is 1.32 bits per heavy atom. The van der Waals surface area contributed by atoms with Gasteiger partial charge in [-0.1, -0.05) is 13.8 Å². The fourth-order valence-corrected chi connectivity index (χ4v) is 2.58. The van der Waals surface area contributed by atoms with E-state index in [4.69, 9.17) is 18.9 Å². The number of carbonyl (C=O) groups is 4. The van der Waals surface area contributed by atoms with Crippen molar-refractivity contribution < 1.29 is 38.1 Å². The van der Waals surface area contributed by atoms with E-state index in [2.05, 4.69) is 0 Å². The summed E-state index contributed by atoms with van der Waals surface area (Å²) in [6, 6.07) is 0. The first kappa shape index (κ1) is 26.9. The molecule has 2 aliphatic heterocycles. The molecule has 2 aliphatic rings. The molecule has 0 aromatic rings. The van der Waals surface area contributed by atoms with Crippen molar-refractivity contribution >= 4 is 23.9 Å². The topological polar surface area (TPSA) is 105 Å². The smallest absolute Gasteiger partial charge is 0.312 e. The third kappa shape index (κ3) is 7.82. The zero-order chi connectivity index (χ0) is 24.0. The van der Waals surface area contributed by atoms with Gasteiger partial charge in [-0.25, -0.2) is 0 Å². The zero-order valence-electron chi connectivity index (χ0n) is 20.2. The van der Waals surface area contributed by atoms with E-state index >= 15 is 0 Å². The highest BCUT2D eigenvalue weighted by atomic mass is 16.6. The van der Waals surface area contributed by atoms with E-state index in [-0.39, 0.29) is 48.9 Å². The molecule has 31 heavy (non-hydrogen) atoms. The summed E-state index contributed by atoms with van der Waals surface area (Å²) < 4.78 is 20.3. The minimum absolute atomic E-state index is 0.0494. The number of hydrogen-bond acceptors (Lipinski definition) is 8. The Bertz CT molecular complexity index is 677. The lowest BCUT2D eigenvalue weighted by Crippen LogP contribution is -2.41. The van der Waals surface area contributed by atoms with Gasteiger partial charge in [0.2, 0.25) is 0 Å². The van der Waals surface area contributed by atoms with Crippen LogP contribution < -0.4 is 0 Å². The molecule has 0 bridgehead atoms. The molecule has 0 saturated carbocycles. The quantitative estimate of drug-likeness (QED) is 0.435. The Balaban J connectivity index is 0.000000316. The van der Waals surface area contributed by atoms with Gasteiger partial charge in [0.25, 0.3) is 0 Å². The lowest BCUT2D eigenvalue weighted by Gasteiger charge is -2.33. The molecule has 0 N–H and O–H groups in total. The van der Waals surface area contributed by atoms with Crippen LogP contribution in [0.15, 0.2) is 0 Å². The molecule has 2 atom stereocenters. The monoisotopic (exact) mass is 442 g/mol. The second-order valence-corrected chi connectivity index (χ2v) is 9.97. The zero-order valence-corrected chi connectivity index (χ0v) is 20.2. The van der Waals surface area contributed by atoms with Crippen molar-refractivity contribution in [1.82, 2.24) is 0 Å². The van der Waals surface area contributed by atoms with E-state index in [0.29, 0.717) is 19.4 Å². The van der Waals surface area contributed by atoms with Crippen LogP contribution in [0.5, 0.6) is 0 Å². The first-order valence-corrected chi connectivity index (χ1v) is 10.9. The Kier molecular flexibility index (Phi) is 9.08. The lowest BCUT2D eigenvalue weighted by atomic mass is 9.87. The molecule has 2 rings (SSSR count). The maximum atomic E-state index is 12.0. The summed E-state index contributed by atoms with van der Waals surface area (Å²) in [5.74, 6) is -1.04. The number of cyclic esters (lactones) is 2. The molecule has 0 amide bonds. The van der Waals surface area contributed by atoms with E-state index in [1.165, 1.54) is 0 Å². The number of rotatable bonds is 7. The molecular formula is C23H38O8. The molecule has 8 heteroatoms. The predicted molar refractivity (Wildman–Crippen MR) is 113 cm³/mol. The Labute approximate surface area is 185 Å². The molecule has 2 unspecified atom stereocenters. The Morgan fingerprint density at radius 1 is 0.839 bits per heavy atom. The van der Waals surface area contributed by atoms with Crippen molar-refractivity contribution in [3.05, 3.63) is 0 Å². The van der Waals surface area contributed by atoms with E-state index in [9.17, 15) is 19.2 Å². The van der Waals surface area contributed by atoms with Gasteiger partial charge in [0, 0.05) is 5.92 Å². The molecule has 178 valence electrons. The molecule has 8 nitrogen and oxygen atoms in total. The summed E-state index contributed by atoms with van der Waals surface area (Å²) in [5.41, 5.74) is -1.62. The minimum Gasteiger partial charge on any atom is -0.465 e. The van der Waals surface area contributed by atoms with Gasteiger partial charge >= 0.3 is 23.9 Å². The van der Waals surface area contributed by atoms with Crippen LogP contribution >= 0.6 is 0 Å². The molecular weight excluding hydrogens is 404 g/mol. The highest BCUT2D eigenvalue weighted by molar-refractivity contribution is 5.78. The SMILES string of the molecule is CCC(C)(C)C(=O)OC(C)(C)C1COC(=O)C1.CCC(C)(C)C(=O)OC1COC(=O)C1. The molecule has 0 spiro atoms. The van der Waals surface area contributed by atoms with Crippen molar-refractivity contribution in [2.75, 3.05) is 13.2 Å². The number of ether oxygens (including phenoxy) is 4. The maximum absolute atomic E-state index is 12.0. The molecule has 0 radical (unpaired) electrons. The summed E-state index contributed by atoms with van der Waals surface area (Å²) in [4.78, 5) is 45.4. The molecule has 2 saturated heterocycles. The van der Waals surface area contributed by atoms with E-state index in [1.54, 1.807) is 0 Å². The second kappa shape index (κ2) is 10.5. The third-order valence-corrected chi connectivity index (χ3v) is 6.17. The fourth-order valence-electron chi connectivity index (χ4n) is 2.58. The van der Waals surface area contributed by atoms with Crippen LogP contribution in [0.1, 0.15) is 81.1 Å². The van der Waals surface area contributed by atoms with Crippen LogP contribution in [-0.4, -0.2) is 48.8 Å². The maximum Gasteiger partial charge on any atom is 0.312 e. The number of esters is 4. The average Bonchev–Trinajstić information content (AvgIpc) is 3.30. The molecule has 0 aromatic heterocycles. The van der Waals surface area contributed by atoms with Gasteiger partial charge in [-0.05, 0) is 54.4 Å². The molecule has 2 fully saturated rings. The van der Waals surface area contributed by atoms with Crippen molar-refractivity contribution in [3.8, 4) is 0 Å². The van der Waals surface area contributed by atoms with E-state index in [1.807, 2.05) is 55.4 Å². The van der Waals surface area contributed by atoms with Gasteiger partial charge in [0.15, 0.2) is 0 Å². The molecule has 0 aliphatic carbocycles. The van der Waals surface area contributed by atoms with Gasteiger partial charge in [-0.2, -0.15) is 0 Å². The Morgan fingerprint density at radius 3 is 1.74 bits per heavy atom. The van der Waals surface area contributed by atoms with E-state index in [0.717, 1.165) is 6.42 Å². The summed E-state index contributed by atoms with van der Waals surface area (Å²) in [6.07, 6.45) is 1.56. The summed E-state index contributed by atoms with van der Waals surface area (Å²) >= 11 is 0. The number of hydrogen-bond donors (Lipinski definition) is 0. The highest BCUT2D eigenvalue weighted by Gasteiger charge is 2.42. The number of carbonyl (C=O) groups excluding carboxylic acids is 4. The second-order valence-electron chi connectivity index (χ2n) is 9.97. The highest BCUT2D eigenvalue weighted by Crippen LogP contribution is 2.33. The van der Waals surface area contributed by atoms with E-state index < -0.39 is 16.4 Å². The van der Waals surface area contributed by atoms with Gasteiger partial charge in [0.05, 0.1) is 30.3 Å². The van der Waals surface area contributed by atoms with Crippen LogP contribution in [0, 0.1) is 16.7 Å². The van der Waals surface area contributed by atoms with Crippen molar-refractivity contribution in [1.29, 1.82) is 0 Å². The van der Waals surface area contributed by atoms with Crippen LogP contribution in [0.3, 0.4) is 0 Å². The lowest BCUT2D eigenvalue weighted by molar-refractivity contribution is -0.172. The molecule has 2 heterocycles. The van der Waals surface area contributed by atoms with Crippen molar-refractivity contribution in [2.24, 2.45) is 16.7 Å². The standard InChI is InChI=1S/C13H22O4.C10H16O4/c1-6-12(2,3)11(15)17-13(4,5)9-7-10(14)16-8-9;1-4-10(2,3)9(12)14-7-5-8(11)13-6-7/h9H,6-8H2,1-5H3;7H,4-6H2,1-3H3.